The fourth-order valence-electron chi connectivity index (χ4n) is 1.32. The number of nitrogens with zero attached hydrogens (tertiary/aromatic N) is 3. The minimum Gasteiger partial charge on any atom is -0.382 e. The van der Waals surface area contributed by atoms with Gasteiger partial charge in [0.15, 0.2) is 5.82 Å². The summed E-state index contributed by atoms with van der Waals surface area (Å²) in [5, 5.41) is 9.97. The lowest BCUT2D eigenvalue weighted by Gasteiger charge is -2.16. The Bertz CT molecular complexity index is 468. The molecule has 0 aliphatic rings. The van der Waals surface area contributed by atoms with Crippen LogP contribution in [0.5, 0.6) is 0 Å². The van der Waals surface area contributed by atoms with E-state index in [1.54, 1.807) is 17.4 Å². The fraction of sp³-hybridized carbons (Fsp3) is 0.200. The number of thiophene rings is 1. The van der Waals surface area contributed by atoms with Crippen LogP contribution in [0.2, 0.25) is 0 Å². The third-order valence-electron chi connectivity index (χ3n) is 2.10. The van der Waals surface area contributed by atoms with Gasteiger partial charge in [0.2, 0.25) is 0 Å². The zero-order valence-corrected chi connectivity index (χ0v) is 11.1. The van der Waals surface area contributed by atoms with Crippen LogP contribution in [0, 0.1) is 0 Å². The summed E-state index contributed by atoms with van der Waals surface area (Å²) < 4.78 is 1.14. The molecule has 0 aromatic carbocycles. The van der Waals surface area contributed by atoms with Crippen molar-refractivity contribution in [2.45, 2.75) is 6.54 Å². The molecular weight excluding hydrogens is 288 g/mol. The molecule has 2 N–H and O–H groups in total. The van der Waals surface area contributed by atoms with Crippen molar-refractivity contribution in [2.24, 2.45) is 0 Å². The largest absolute Gasteiger partial charge is 0.382 e. The first-order valence-electron chi connectivity index (χ1n) is 4.68. The molecule has 84 valence electrons. The van der Waals surface area contributed by atoms with Gasteiger partial charge in [0, 0.05) is 13.6 Å². The number of nitrogens with two attached hydrogens (primary N) is 1. The van der Waals surface area contributed by atoms with E-state index in [-0.39, 0.29) is 0 Å². The maximum absolute atomic E-state index is 5.49. The predicted octanol–water partition coefficient (Wildman–Crippen LogP) is 2.52. The van der Waals surface area contributed by atoms with E-state index in [0.29, 0.717) is 5.82 Å². The van der Waals surface area contributed by atoms with Gasteiger partial charge in [0.1, 0.15) is 5.82 Å². The molecule has 2 aromatic rings. The van der Waals surface area contributed by atoms with Crippen molar-refractivity contribution >= 4 is 38.9 Å². The van der Waals surface area contributed by atoms with E-state index in [1.165, 1.54) is 5.56 Å². The zero-order chi connectivity index (χ0) is 11.5. The van der Waals surface area contributed by atoms with Crippen LogP contribution in [0.1, 0.15) is 5.56 Å². The second kappa shape index (κ2) is 4.80. The van der Waals surface area contributed by atoms with Crippen LogP contribution in [0.3, 0.4) is 0 Å². The van der Waals surface area contributed by atoms with E-state index in [4.69, 9.17) is 5.73 Å². The number of hydrogen-bond acceptors (Lipinski definition) is 5. The van der Waals surface area contributed by atoms with Crippen molar-refractivity contribution in [1.29, 1.82) is 0 Å². The Morgan fingerprint density at radius 1 is 1.44 bits per heavy atom. The standard InChI is InChI=1S/C10H11BrN4S/c1-15(5-7-4-8(11)16-6-7)10-3-2-9(12)13-14-10/h2-4,6H,5H2,1H3,(H2,12,13). The van der Waals surface area contributed by atoms with Gasteiger partial charge in [-0.15, -0.1) is 21.5 Å². The van der Waals surface area contributed by atoms with Gasteiger partial charge < -0.3 is 10.6 Å². The predicted molar refractivity (Wildman–Crippen MR) is 70.6 cm³/mol. The van der Waals surface area contributed by atoms with Crippen LogP contribution in [0.4, 0.5) is 11.6 Å². The van der Waals surface area contributed by atoms with Crippen molar-refractivity contribution in [1.82, 2.24) is 10.2 Å². The van der Waals surface area contributed by atoms with Gasteiger partial charge in [0.25, 0.3) is 0 Å². The van der Waals surface area contributed by atoms with Crippen LogP contribution in [0.25, 0.3) is 0 Å². The molecule has 16 heavy (non-hydrogen) atoms. The highest BCUT2D eigenvalue weighted by atomic mass is 79.9. The van der Waals surface area contributed by atoms with Crippen molar-refractivity contribution in [3.05, 3.63) is 32.9 Å². The first-order chi connectivity index (χ1) is 7.65. The molecule has 2 heterocycles. The third kappa shape index (κ3) is 2.70. The van der Waals surface area contributed by atoms with Crippen molar-refractivity contribution < 1.29 is 0 Å². The molecule has 0 bridgehead atoms. The molecule has 0 fully saturated rings. The second-order valence-corrected chi connectivity index (χ2v) is 5.72. The maximum Gasteiger partial charge on any atom is 0.151 e. The van der Waals surface area contributed by atoms with Gasteiger partial charge in [0.05, 0.1) is 3.79 Å². The molecular formula is C10H11BrN4S. The lowest BCUT2D eigenvalue weighted by molar-refractivity contribution is 0.871. The van der Waals surface area contributed by atoms with E-state index in [9.17, 15) is 0 Å². The Morgan fingerprint density at radius 3 is 2.81 bits per heavy atom. The molecule has 0 aliphatic heterocycles. The van der Waals surface area contributed by atoms with E-state index in [1.807, 2.05) is 18.0 Å². The van der Waals surface area contributed by atoms with Gasteiger partial charge in [-0.1, -0.05) is 0 Å². The van der Waals surface area contributed by atoms with E-state index < -0.39 is 0 Å². The molecule has 0 radical (unpaired) electrons. The third-order valence-corrected chi connectivity index (χ3v) is 3.66. The first-order valence-corrected chi connectivity index (χ1v) is 6.35. The summed E-state index contributed by atoms with van der Waals surface area (Å²) in [5.41, 5.74) is 6.73. The Balaban J connectivity index is 2.08. The Hall–Kier alpha value is -1.14. The minimum absolute atomic E-state index is 0.440. The molecule has 4 nitrogen and oxygen atoms in total. The Kier molecular flexibility index (Phi) is 3.40. The summed E-state index contributed by atoms with van der Waals surface area (Å²) >= 11 is 5.12. The molecule has 2 rings (SSSR count). The van der Waals surface area contributed by atoms with Crippen molar-refractivity contribution in [3.63, 3.8) is 0 Å². The Labute approximate surface area is 106 Å². The van der Waals surface area contributed by atoms with Gasteiger partial charge >= 0.3 is 0 Å². The van der Waals surface area contributed by atoms with E-state index in [0.717, 1.165) is 16.1 Å². The summed E-state index contributed by atoms with van der Waals surface area (Å²) in [6.45, 7) is 0.806. The molecule has 0 spiro atoms. The van der Waals surface area contributed by atoms with Crippen molar-refractivity contribution in [2.75, 3.05) is 17.7 Å². The SMILES string of the molecule is CN(Cc1csc(Br)c1)c1ccc(N)nn1. The molecule has 0 atom stereocenters. The van der Waals surface area contributed by atoms with Gasteiger partial charge in [-0.25, -0.2) is 0 Å². The summed E-state index contributed by atoms with van der Waals surface area (Å²) in [6.07, 6.45) is 0. The second-order valence-electron chi connectivity index (χ2n) is 3.43. The minimum atomic E-state index is 0.440. The zero-order valence-electron chi connectivity index (χ0n) is 8.72. The smallest absolute Gasteiger partial charge is 0.151 e. The monoisotopic (exact) mass is 298 g/mol. The number of nitrogen functional groups attached to an aromatic ring is 1. The van der Waals surface area contributed by atoms with E-state index in [2.05, 4.69) is 37.6 Å². The first kappa shape index (κ1) is 11.3. The highest BCUT2D eigenvalue weighted by molar-refractivity contribution is 9.11. The highest BCUT2D eigenvalue weighted by Gasteiger charge is 2.05. The summed E-state index contributed by atoms with van der Waals surface area (Å²) in [7, 11) is 1.98. The summed E-state index contributed by atoms with van der Waals surface area (Å²) in [5.74, 6) is 1.26. The Morgan fingerprint density at radius 2 is 2.25 bits per heavy atom. The van der Waals surface area contributed by atoms with Gasteiger partial charge in [-0.3, -0.25) is 0 Å². The number of halogens is 1. The average molecular weight is 299 g/mol. The van der Waals surface area contributed by atoms with Crippen LogP contribution in [-0.2, 0) is 6.54 Å². The quantitative estimate of drug-likeness (QED) is 0.946. The normalized spacial score (nSPS) is 10.4. The lowest BCUT2D eigenvalue weighted by atomic mass is 10.3. The topological polar surface area (TPSA) is 55.0 Å². The van der Waals surface area contributed by atoms with Crippen LogP contribution in [0.15, 0.2) is 27.4 Å². The number of hydrogen-bond donors (Lipinski definition) is 1. The fourth-order valence-corrected chi connectivity index (χ4v) is 2.52. The van der Waals surface area contributed by atoms with Gasteiger partial charge in [-0.05, 0) is 45.1 Å². The van der Waals surface area contributed by atoms with Crippen LogP contribution < -0.4 is 10.6 Å². The summed E-state index contributed by atoms with van der Waals surface area (Å²) in [4.78, 5) is 2.03. The molecule has 0 aliphatic carbocycles. The summed E-state index contributed by atoms with van der Waals surface area (Å²) in [6, 6.07) is 5.72. The lowest BCUT2D eigenvalue weighted by Crippen LogP contribution is -2.17. The number of rotatable bonds is 3. The number of aromatic nitrogens is 2. The molecule has 0 saturated heterocycles. The molecule has 0 amide bonds. The van der Waals surface area contributed by atoms with Crippen LogP contribution in [-0.4, -0.2) is 17.2 Å². The molecule has 2 aromatic heterocycles. The maximum atomic E-state index is 5.49. The molecule has 6 heteroatoms. The molecule has 0 unspecified atom stereocenters. The average Bonchev–Trinajstić information content (AvgIpc) is 2.65. The van der Waals surface area contributed by atoms with Crippen molar-refractivity contribution in [3.8, 4) is 0 Å². The highest BCUT2D eigenvalue weighted by Crippen LogP contribution is 2.22. The van der Waals surface area contributed by atoms with Crippen LogP contribution >= 0.6 is 27.3 Å². The van der Waals surface area contributed by atoms with E-state index >= 15 is 0 Å². The number of anilines is 2. The molecule has 0 saturated carbocycles. The van der Waals surface area contributed by atoms with Gasteiger partial charge in [-0.2, -0.15) is 0 Å².